The minimum atomic E-state index is 0.335. The predicted molar refractivity (Wildman–Crippen MR) is 37.2 cm³/mol. The third-order valence-corrected chi connectivity index (χ3v) is 1.91. The summed E-state index contributed by atoms with van der Waals surface area (Å²) in [6, 6.07) is 0.335. The van der Waals surface area contributed by atoms with E-state index in [0.29, 0.717) is 12.1 Å². The molecule has 1 aliphatic heterocycles. The molecule has 0 aromatic carbocycles. The molecule has 2 N–H and O–H groups in total. The van der Waals surface area contributed by atoms with Gasteiger partial charge >= 0.3 is 0 Å². The van der Waals surface area contributed by atoms with Crippen molar-refractivity contribution >= 4 is 0 Å². The van der Waals surface area contributed by atoms with Gasteiger partial charge in [-0.3, -0.25) is 0 Å². The first kappa shape index (κ1) is 7.03. The van der Waals surface area contributed by atoms with Gasteiger partial charge in [0, 0.05) is 12.0 Å². The molecule has 1 fully saturated rings. The molecule has 2 heteroatoms. The Kier molecular flexibility index (Phi) is 2.09. The first-order valence-corrected chi connectivity index (χ1v) is 3.57. The van der Waals surface area contributed by atoms with Crippen molar-refractivity contribution in [2.24, 2.45) is 11.7 Å². The first-order valence-electron chi connectivity index (χ1n) is 3.57. The van der Waals surface area contributed by atoms with Gasteiger partial charge < -0.3 is 10.5 Å². The molecular weight excluding hydrogens is 114 g/mol. The van der Waals surface area contributed by atoms with Crippen molar-refractivity contribution in [2.75, 3.05) is 6.61 Å². The summed E-state index contributed by atoms with van der Waals surface area (Å²) in [6.07, 6.45) is 1.57. The van der Waals surface area contributed by atoms with E-state index < -0.39 is 0 Å². The Hall–Kier alpha value is -0.0800. The van der Waals surface area contributed by atoms with Crippen LogP contribution in [0.3, 0.4) is 0 Å². The highest BCUT2D eigenvalue weighted by Gasteiger charge is 2.27. The largest absolute Gasteiger partial charge is 0.378 e. The van der Waals surface area contributed by atoms with Crippen molar-refractivity contribution in [3.63, 3.8) is 0 Å². The fourth-order valence-electron chi connectivity index (χ4n) is 1.16. The van der Waals surface area contributed by atoms with Crippen molar-refractivity contribution in [3.8, 4) is 0 Å². The molecule has 2 nitrogen and oxygen atoms in total. The molecule has 1 aliphatic rings. The zero-order valence-electron chi connectivity index (χ0n) is 6.13. The molecule has 1 heterocycles. The lowest BCUT2D eigenvalue weighted by Gasteiger charge is -2.35. The lowest BCUT2D eigenvalue weighted by molar-refractivity contribution is -0.107. The Morgan fingerprint density at radius 1 is 1.78 bits per heavy atom. The van der Waals surface area contributed by atoms with Gasteiger partial charge in [0.05, 0.1) is 12.7 Å². The number of ether oxygens (including phenoxy) is 1. The Bertz CT molecular complexity index is 92.9. The average Bonchev–Trinajstić information content (AvgIpc) is 1.79. The summed E-state index contributed by atoms with van der Waals surface area (Å²) in [5, 5.41) is 0. The SMILES string of the molecule is CC(N)CC1COC1C. The normalized spacial score (nSPS) is 37.7. The van der Waals surface area contributed by atoms with Crippen LogP contribution in [0.15, 0.2) is 0 Å². The van der Waals surface area contributed by atoms with E-state index >= 15 is 0 Å². The highest BCUT2D eigenvalue weighted by molar-refractivity contribution is 4.77. The van der Waals surface area contributed by atoms with E-state index in [2.05, 4.69) is 6.92 Å². The maximum Gasteiger partial charge on any atom is 0.0597 e. The van der Waals surface area contributed by atoms with Gasteiger partial charge in [-0.2, -0.15) is 0 Å². The topological polar surface area (TPSA) is 35.2 Å². The van der Waals surface area contributed by atoms with E-state index in [9.17, 15) is 0 Å². The average molecular weight is 129 g/mol. The summed E-state index contributed by atoms with van der Waals surface area (Å²) in [4.78, 5) is 0. The van der Waals surface area contributed by atoms with Crippen LogP contribution in [-0.2, 0) is 4.74 Å². The van der Waals surface area contributed by atoms with Crippen LogP contribution in [0.25, 0.3) is 0 Å². The monoisotopic (exact) mass is 129 g/mol. The van der Waals surface area contributed by atoms with Gasteiger partial charge in [0.2, 0.25) is 0 Å². The standard InChI is InChI=1S/C7H15NO/c1-5(8)3-7-4-9-6(7)2/h5-7H,3-4,8H2,1-2H3. The van der Waals surface area contributed by atoms with Crippen LogP contribution in [0.1, 0.15) is 20.3 Å². The van der Waals surface area contributed by atoms with Crippen LogP contribution in [-0.4, -0.2) is 18.8 Å². The zero-order valence-corrected chi connectivity index (χ0v) is 6.13. The molecule has 0 spiro atoms. The quantitative estimate of drug-likeness (QED) is 0.597. The smallest absolute Gasteiger partial charge is 0.0597 e. The van der Waals surface area contributed by atoms with Gasteiger partial charge in [0.1, 0.15) is 0 Å². The molecule has 0 radical (unpaired) electrons. The van der Waals surface area contributed by atoms with Gasteiger partial charge in [-0.25, -0.2) is 0 Å². The second-order valence-corrected chi connectivity index (χ2v) is 3.01. The van der Waals surface area contributed by atoms with E-state index in [-0.39, 0.29) is 0 Å². The van der Waals surface area contributed by atoms with Crippen molar-refractivity contribution in [1.29, 1.82) is 0 Å². The van der Waals surface area contributed by atoms with E-state index in [1.807, 2.05) is 6.92 Å². The van der Waals surface area contributed by atoms with Gasteiger partial charge in [-0.1, -0.05) is 0 Å². The van der Waals surface area contributed by atoms with E-state index in [1.54, 1.807) is 0 Å². The van der Waals surface area contributed by atoms with Crippen LogP contribution in [0.5, 0.6) is 0 Å². The third kappa shape index (κ3) is 1.66. The predicted octanol–water partition coefficient (Wildman–Crippen LogP) is 0.759. The Labute approximate surface area is 56.4 Å². The minimum absolute atomic E-state index is 0.335. The van der Waals surface area contributed by atoms with Crippen LogP contribution in [0.2, 0.25) is 0 Å². The molecule has 1 rings (SSSR count). The van der Waals surface area contributed by atoms with Crippen molar-refractivity contribution < 1.29 is 4.74 Å². The van der Waals surface area contributed by atoms with Crippen molar-refractivity contribution in [1.82, 2.24) is 0 Å². The first-order chi connectivity index (χ1) is 4.20. The van der Waals surface area contributed by atoms with Crippen LogP contribution >= 0.6 is 0 Å². The molecule has 54 valence electrons. The summed E-state index contributed by atoms with van der Waals surface area (Å²) in [5.41, 5.74) is 5.61. The highest BCUT2D eigenvalue weighted by atomic mass is 16.5. The molecular formula is C7H15NO. The van der Waals surface area contributed by atoms with Gasteiger partial charge in [-0.15, -0.1) is 0 Å². The van der Waals surface area contributed by atoms with Crippen LogP contribution in [0, 0.1) is 5.92 Å². The van der Waals surface area contributed by atoms with Crippen molar-refractivity contribution in [2.45, 2.75) is 32.4 Å². The maximum atomic E-state index is 5.61. The molecule has 0 saturated carbocycles. The van der Waals surface area contributed by atoms with E-state index in [1.165, 1.54) is 0 Å². The molecule has 1 saturated heterocycles. The summed E-state index contributed by atoms with van der Waals surface area (Å²) in [7, 11) is 0. The highest BCUT2D eigenvalue weighted by Crippen LogP contribution is 2.23. The van der Waals surface area contributed by atoms with Crippen LogP contribution < -0.4 is 5.73 Å². The number of nitrogens with two attached hydrogens (primary N) is 1. The molecule has 3 atom stereocenters. The minimum Gasteiger partial charge on any atom is -0.378 e. The molecule has 0 aromatic rings. The van der Waals surface area contributed by atoms with Crippen molar-refractivity contribution in [3.05, 3.63) is 0 Å². The lowest BCUT2D eigenvalue weighted by Crippen LogP contribution is -2.40. The molecule has 0 bridgehead atoms. The van der Waals surface area contributed by atoms with E-state index in [0.717, 1.165) is 18.9 Å². The molecule has 9 heavy (non-hydrogen) atoms. The summed E-state index contributed by atoms with van der Waals surface area (Å²) in [5.74, 6) is 0.727. The number of rotatable bonds is 2. The lowest BCUT2D eigenvalue weighted by atomic mass is 9.93. The number of hydrogen-bond acceptors (Lipinski definition) is 2. The fourth-order valence-corrected chi connectivity index (χ4v) is 1.16. The third-order valence-electron chi connectivity index (χ3n) is 1.91. The molecule has 0 aromatic heterocycles. The van der Waals surface area contributed by atoms with Gasteiger partial charge in [-0.05, 0) is 20.3 Å². The fraction of sp³-hybridized carbons (Fsp3) is 1.00. The Balaban J connectivity index is 2.13. The van der Waals surface area contributed by atoms with E-state index in [4.69, 9.17) is 10.5 Å². The summed E-state index contributed by atoms with van der Waals surface area (Å²) >= 11 is 0. The maximum absolute atomic E-state index is 5.61. The number of hydrogen-bond donors (Lipinski definition) is 1. The molecule has 0 amide bonds. The van der Waals surface area contributed by atoms with Gasteiger partial charge in [0.15, 0.2) is 0 Å². The second-order valence-electron chi connectivity index (χ2n) is 3.01. The van der Waals surface area contributed by atoms with Gasteiger partial charge in [0.25, 0.3) is 0 Å². The molecule has 0 aliphatic carbocycles. The Morgan fingerprint density at radius 2 is 2.44 bits per heavy atom. The van der Waals surface area contributed by atoms with Crippen LogP contribution in [0.4, 0.5) is 0 Å². The summed E-state index contributed by atoms with van der Waals surface area (Å²) in [6.45, 7) is 5.07. The summed E-state index contributed by atoms with van der Waals surface area (Å²) < 4.78 is 5.19. The second kappa shape index (κ2) is 2.67. The Morgan fingerprint density at radius 3 is 2.56 bits per heavy atom. The molecule has 3 unspecified atom stereocenters. The zero-order chi connectivity index (χ0) is 6.85.